The van der Waals surface area contributed by atoms with Crippen LogP contribution in [0.4, 0.5) is 13.6 Å². The third kappa shape index (κ3) is 5.67. The lowest BCUT2D eigenvalue weighted by Crippen LogP contribution is -2.46. The second kappa shape index (κ2) is 9.69. The molecule has 2 aromatic rings. The number of benzene rings is 2. The van der Waals surface area contributed by atoms with Gasteiger partial charge < -0.3 is 19.3 Å². The zero-order chi connectivity index (χ0) is 20.8. The Kier molecular flexibility index (Phi) is 7.04. The molecule has 1 fully saturated rings. The molecule has 0 radical (unpaired) electrons. The van der Waals surface area contributed by atoms with Crippen LogP contribution in [-0.2, 0) is 17.9 Å². The van der Waals surface area contributed by atoms with Crippen molar-refractivity contribution in [3.05, 3.63) is 65.2 Å². The monoisotopic (exact) mass is 404 g/mol. The average Bonchev–Trinajstić information content (AvgIpc) is 2.73. The van der Waals surface area contributed by atoms with Crippen molar-refractivity contribution in [3.8, 4) is 5.75 Å². The molecule has 0 saturated carbocycles. The number of amides is 1. The van der Waals surface area contributed by atoms with Crippen LogP contribution in [0.3, 0.4) is 0 Å². The van der Waals surface area contributed by atoms with Gasteiger partial charge in [0.05, 0.1) is 13.7 Å². The summed E-state index contributed by atoms with van der Waals surface area (Å²) in [7, 11) is 3.62. The van der Waals surface area contributed by atoms with Gasteiger partial charge in [0.25, 0.3) is 0 Å². The Labute approximate surface area is 169 Å². The van der Waals surface area contributed by atoms with Gasteiger partial charge in [0.2, 0.25) is 0 Å². The summed E-state index contributed by atoms with van der Waals surface area (Å²) in [5, 5.41) is 0. The summed E-state index contributed by atoms with van der Waals surface area (Å²) in [6.07, 6.45) is 1.05. The fourth-order valence-electron chi connectivity index (χ4n) is 3.43. The predicted molar refractivity (Wildman–Crippen MR) is 106 cm³/mol. The minimum absolute atomic E-state index is 0.0436. The van der Waals surface area contributed by atoms with Gasteiger partial charge in [-0.25, -0.2) is 13.6 Å². The molecule has 0 N–H and O–H groups in total. The summed E-state index contributed by atoms with van der Waals surface area (Å²) >= 11 is 0. The van der Waals surface area contributed by atoms with E-state index >= 15 is 0 Å². The molecule has 0 spiro atoms. The molecule has 0 aromatic heterocycles. The van der Waals surface area contributed by atoms with E-state index in [0.717, 1.165) is 43.3 Å². The van der Waals surface area contributed by atoms with E-state index in [4.69, 9.17) is 9.47 Å². The first kappa shape index (κ1) is 21.0. The lowest BCUT2D eigenvalue weighted by atomic mass is 10.0. The van der Waals surface area contributed by atoms with E-state index in [1.54, 1.807) is 24.1 Å². The second-order valence-corrected chi connectivity index (χ2v) is 7.30. The van der Waals surface area contributed by atoms with Gasteiger partial charge >= 0.3 is 6.09 Å². The van der Waals surface area contributed by atoms with Gasteiger partial charge in [-0.05, 0) is 56.7 Å². The topological polar surface area (TPSA) is 42.0 Å². The Morgan fingerprint density at radius 1 is 1.14 bits per heavy atom. The molecule has 0 unspecified atom stereocenters. The van der Waals surface area contributed by atoms with Crippen LogP contribution in [0, 0.1) is 11.6 Å². The van der Waals surface area contributed by atoms with Crippen molar-refractivity contribution in [1.29, 1.82) is 0 Å². The minimum Gasteiger partial charge on any atom is -0.497 e. The molecule has 0 aliphatic carbocycles. The van der Waals surface area contributed by atoms with Gasteiger partial charge in [0.15, 0.2) is 0 Å². The van der Waals surface area contributed by atoms with Crippen LogP contribution in [0.15, 0.2) is 42.5 Å². The molecular weight excluding hydrogens is 378 g/mol. The van der Waals surface area contributed by atoms with Gasteiger partial charge in [-0.3, -0.25) is 0 Å². The van der Waals surface area contributed by atoms with Crippen molar-refractivity contribution in [1.82, 2.24) is 9.80 Å². The van der Waals surface area contributed by atoms with Crippen LogP contribution in [-0.4, -0.2) is 49.2 Å². The maximum absolute atomic E-state index is 14.2. The highest BCUT2D eigenvalue weighted by Crippen LogP contribution is 2.22. The van der Waals surface area contributed by atoms with E-state index in [0.29, 0.717) is 0 Å². The summed E-state index contributed by atoms with van der Waals surface area (Å²) in [5.41, 5.74) is 1.10. The lowest BCUT2D eigenvalue weighted by Gasteiger charge is -2.36. The van der Waals surface area contributed by atoms with Gasteiger partial charge in [-0.1, -0.05) is 18.2 Å². The molecule has 5 nitrogen and oxygen atoms in total. The van der Waals surface area contributed by atoms with Crippen LogP contribution in [0.25, 0.3) is 0 Å². The first-order chi connectivity index (χ1) is 14.0. The van der Waals surface area contributed by atoms with Crippen molar-refractivity contribution in [2.75, 3.05) is 27.2 Å². The zero-order valence-electron chi connectivity index (χ0n) is 16.7. The molecule has 1 heterocycles. The van der Waals surface area contributed by atoms with Crippen LogP contribution >= 0.6 is 0 Å². The molecule has 7 heteroatoms. The van der Waals surface area contributed by atoms with Crippen molar-refractivity contribution in [2.24, 2.45) is 0 Å². The van der Waals surface area contributed by atoms with Crippen molar-refractivity contribution in [3.63, 3.8) is 0 Å². The van der Waals surface area contributed by atoms with E-state index in [-0.39, 0.29) is 24.8 Å². The highest BCUT2D eigenvalue weighted by Gasteiger charge is 2.29. The number of likely N-dealkylation sites (tertiary alicyclic amines) is 1. The number of nitrogens with zero attached hydrogens (tertiary/aromatic N) is 2. The highest BCUT2D eigenvalue weighted by molar-refractivity contribution is 5.68. The summed E-state index contributed by atoms with van der Waals surface area (Å²) in [4.78, 5) is 16.6. The fraction of sp³-hybridized carbons (Fsp3) is 0.409. The van der Waals surface area contributed by atoms with Crippen molar-refractivity contribution in [2.45, 2.75) is 32.0 Å². The van der Waals surface area contributed by atoms with Crippen LogP contribution in [0.2, 0.25) is 0 Å². The quantitative estimate of drug-likeness (QED) is 0.724. The maximum Gasteiger partial charge on any atom is 0.410 e. The number of ether oxygens (including phenoxy) is 2. The Morgan fingerprint density at radius 3 is 2.45 bits per heavy atom. The molecule has 1 amide bonds. The average molecular weight is 404 g/mol. The summed E-state index contributed by atoms with van der Waals surface area (Å²) < 4.78 is 38.1. The lowest BCUT2D eigenvalue weighted by molar-refractivity contribution is 0.0599. The Morgan fingerprint density at radius 2 is 1.83 bits per heavy atom. The molecule has 1 aliphatic rings. The number of methoxy groups -OCH3 is 1. The molecule has 29 heavy (non-hydrogen) atoms. The highest BCUT2D eigenvalue weighted by atomic mass is 19.1. The van der Waals surface area contributed by atoms with Crippen molar-refractivity contribution < 1.29 is 23.0 Å². The predicted octanol–water partition coefficient (Wildman–Crippen LogP) is 4.21. The SMILES string of the molecule is COc1ccc(COC(=O)N(Cc2ccc(F)cc2F)C2CCN(C)CC2)cc1. The third-order valence-electron chi connectivity index (χ3n) is 5.24. The maximum atomic E-state index is 14.2. The second-order valence-electron chi connectivity index (χ2n) is 7.30. The molecule has 3 rings (SSSR count). The van der Waals surface area contributed by atoms with E-state index in [2.05, 4.69) is 4.90 Å². The molecule has 156 valence electrons. The summed E-state index contributed by atoms with van der Waals surface area (Å²) in [6, 6.07) is 10.6. The molecule has 0 bridgehead atoms. The number of carbonyl (C=O) groups excluding carboxylic acids is 1. The zero-order valence-corrected chi connectivity index (χ0v) is 16.7. The van der Waals surface area contributed by atoms with E-state index in [9.17, 15) is 13.6 Å². The normalized spacial score (nSPS) is 15.2. The van der Waals surface area contributed by atoms with Gasteiger partial charge in [-0.2, -0.15) is 0 Å². The Bertz CT molecular complexity index is 821. The Balaban J connectivity index is 1.71. The number of hydrogen-bond donors (Lipinski definition) is 0. The number of piperidine rings is 1. The molecular formula is C22H26F2N2O3. The first-order valence-electron chi connectivity index (χ1n) is 9.65. The standard InChI is InChI=1S/C22H26F2N2O3/c1-25-11-9-19(10-12-25)26(14-17-5-6-18(23)13-21(17)24)22(27)29-15-16-3-7-20(28-2)8-4-16/h3-8,13,19H,9-12,14-15H2,1-2H3. The van der Waals surface area contributed by atoms with E-state index in [1.807, 2.05) is 19.2 Å². The van der Waals surface area contributed by atoms with Gasteiger partial charge in [0, 0.05) is 17.7 Å². The van der Waals surface area contributed by atoms with Gasteiger partial charge in [0.1, 0.15) is 24.0 Å². The number of hydrogen-bond acceptors (Lipinski definition) is 4. The molecule has 1 aliphatic heterocycles. The van der Waals surface area contributed by atoms with Crippen LogP contribution in [0.1, 0.15) is 24.0 Å². The minimum atomic E-state index is -0.661. The number of halogens is 2. The van der Waals surface area contributed by atoms with Crippen LogP contribution in [0.5, 0.6) is 5.75 Å². The van der Waals surface area contributed by atoms with Crippen LogP contribution < -0.4 is 4.74 Å². The summed E-state index contributed by atoms with van der Waals surface area (Å²) in [6.45, 7) is 1.84. The summed E-state index contributed by atoms with van der Waals surface area (Å²) in [5.74, 6) is -0.579. The molecule has 0 atom stereocenters. The van der Waals surface area contributed by atoms with E-state index < -0.39 is 17.7 Å². The van der Waals surface area contributed by atoms with Crippen molar-refractivity contribution >= 4 is 6.09 Å². The number of carbonyl (C=O) groups is 1. The smallest absolute Gasteiger partial charge is 0.410 e. The number of rotatable bonds is 6. The fourth-order valence-corrected chi connectivity index (χ4v) is 3.43. The van der Waals surface area contributed by atoms with E-state index in [1.165, 1.54) is 12.1 Å². The first-order valence-corrected chi connectivity index (χ1v) is 9.65. The molecule has 2 aromatic carbocycles. The van der Waals surface area contributed by atoms with Gasteiger partial charge in [-0.15, -0.1) is 0 Å². The molecule has 1 saturated heterocycles. The Hall–Kier alpha value is -2.67. The third-order valence-corrected chi connectivity index (χ3v) is 5.24. The largest absolute Gasteiger partial charge is 0.497 e.